The van der Waals surface area contributed by atoms with Crippen molar-refractivity contribution >= 4 is 55.1 Å². The summed E-state index contributed by atoms with van der Waals surface area (Å²) in [7, 11) is -3.79. The van der Waals surface area contributed by atoms with Crippen molar-refractivity contribution in [3.8, 4) is 0 Å². The quantitative estimate of drug-likeness (QED) is 0.486. The number of nitrogens with zero attached hydrogens (tertiary/aromatic N) is 2. The van der Waals surface area contributed by atoms with E-state index < -0.39 is 28.5 Å². The normalized spacial score (nSPS) is 15.1. The number of hydrogen-bond donors (Lipinski definition) is 1. The van der Waals surface area contributed by atoms with Gasteiger partial charge in [0.05, 0.1) is 11.9 Å². The second-order valence-electron chi connectivity index (χ2n) is 8.50. The van der Waals surface area contributed by atoms with Crippen LogP contribution in [0.4, 0.5) is 5.69 Å². The zero-order valence-electron chi connectivity index (χ0n) is 19.2. The monoisotopic (exact) mass is 569 g/mol. The second kappa shape index (κ2) is 11.6. The Bertz CT molecular complexity index is 1140. The number of carbonyl (C=O) groups is 2. The van der Waals surface area contributed by atoms with Crippen LogP contribution in [0.5, 0.6) is 0 Å². The molecule has 0 aromatic heterocycles. The van der Waals surface area contributed by atoms with Crippen molar-refractivity contribution < 1.29 is 18.0 Å². The molecule has 7 nitrogen and oxygen atoms in total. The zero-order chi connectivity index (χ0) is 24.9. The van der Waals surface area contributed by atoms with E-state index in [0.29, 0.717) is 20.7 Å². The number of amides is 2. The fraction of sp³-hybridized carbons (Fsp3) is 0.417. The Morgan fingerprint density at radius 3 is 2.35 bits per heavy atom. The van der Waals surface area contributed by atoms with Crippen LogP contribution < -0.4 is 9.62 Å². The third-order valence-electron chi connectivity index (χ3n) is 5.97. The summed E-state index contributed by atoms with van der Waals surface area (Å²) in [5, 5.41) is 3.50. The number of halogens is 2. The lowest BCUT2D eigenvalue weighted by atomic mass is 10.1. The summed E-state index contributed by atoms with van der Waals surface area (Å²) in [6.45, 7) is 1.28. The number of sulfonamides is 1. The summed E-state index contributed by atoms with van der Waals surface area (Å²) in [5.41, 5.74) is 1.02. The first-order valence-electron chi connectivity index (χ1n) is 11.1. The molecule has 1 atom stereocenters. The summed E-state index contributed by atoms with van der Waals surface area (Å²) in [5.74, 6) is -0.769. The Hall–Kier alpha value is -2.10. The molecule has 2 amide bonds. The van der Waals surface area contributed by atoms with Crippen LogP contribution in [0.2, 0.25) is 5.02 Å². The fourth-order valence-electron chi connectivity index (χ4n) is 4.03. The van der Waals surface area contributed by atoms with E-state index in [4.69, 9.17) is 11.6 Å². The third kappa shape index (κ3) is 6.73. The van der Waals surface area contributed by atoms with Gasteiger partial charge in [-0.3, -0.25) is 13.9 Å². The predicted octanol–water partition coefficient (Wildman–Crippen LogP) is 4.34. The van der Waals surface area contributed by atoms with E-state index in [1.807, 2.05) is 0 Å². The molecule has 2 aromatic carbocycles. The molecule has 0 heterocycles. The van der Waals surface area contributed by atoms with Gasteiger partial charge in [0.2, 0.25) is 21.8 Å². The number of benzene rings is 2. The minimum Gasteiger partial charge on any atom is -0.352 e. The number of carbonyl (C=O) groups excluding carboxylic acids is 2. The number of nitrogens with one attached hydrogen (secondary N) is 1. The van der Waals surface area contributed by atoms with Gasteiger partial charge in [-0.1, -0.05) is 54.8 Å². The van der Waals surface area contributed by atoms with Gasteiger partial charge in [-0.05, 0) is 59.5 Å². The van der Waals surface area contributed by atoms with Gasteiger partial charge in [0, 0.05) is 22.1 Å². The molecule has 0 aliphatic heterocycles. The molecule has 1 N–H and O–H groups in total. The predicted molar refractivity (Wildman–Crippen MR) is 138 cm³/mol. The maximum absolute atomic E-state index is 13.6. The van der Waals surface area contributed by atoms with E-state index >= 15 is 0 Å². The molecule has 10 heteroatoms. The van der Waals surface area contributed by atoms with E-state index in [1.54, 1.807) is 55.5 Å². The summed E-state index contributed by atoms with van der Waals surface area (Å²) in [6, 6.07) is 13.1. The van der Waals surface area contributed by atoms with Crippen LogP contribution in [0.1, 0.15) is 38.2 Å². The Labute approximate surface area is 214 Å². The first-order chi connectivity index (χ1) is 16.1. The number of anilines is 1. The average molecular weight is 571 g/mol. The van der Waals surface area contributed by atoms with Crippen LogP contribution >= 0.6 is 27.5 Å². The maximum atomic E-state index is 13.6. The van der Waals surface area contributed by atoms with Crippen LogP contribution in [-0.2, 0) is 26.2 Å². The molecule has 1 aliphatic rings. The largest absolute Gasteiger partial charge is 0.352 e. The Morgan fingerprint density at radius 1 is 1.12 bits per heavy atom. The van der Waals surface area contributed by atoms with Crippen molar-refractivity contribution in [2.45, 2.75) is 51.2 Å². The topological polar surface area (TPSA) is 86.8 Å². The molecule has 184 valence electrons. The number of para-hydroxylation sites is 1. The number of hydrogen-bond acceptors (Lipinski definition) is 4. The Balaban J connectivity index is 1.90. The van der Waals surface area contributed by atoms with Crippen molar-refractivity contribution in [2.75, 3.05) is 17.1 Å². The van der Waals surface area contributed by atoms with E-state index in [0.717, 1.165) is 36.2 Å². The highest BCUT2D eigenvalue weighted by Gasteiger charge is 2.32. The third-order valence-corrected chi connectivity index (χ3v) is 8.13. The Kier molecular flexibility index (Phi) is 9.01. The lowest BCUT2D eigenvalue weighted by molar-refractivity contribution is -0.139. The minimum absolute atomic E-state index is 0.0747. The SMILES string of the molecule is C[C@H](C(=O)NC1CCCC1)N(Cc1ccccc1Cl)C(=O)CN(c1ccccc1Br)S(C)(=O)=O. The van der Waals surface area contributed by atoms with Gasteiger partial charge < -0.3 is 10.2 Å². The molecule has 2 aromatic rings. The summed E-state index contributed by atoms with van der Waals surface area (Å²) < 4.78 is 26.8. The van der Waals surface area contributed by atoms with Crippen LogP contribution in [-0.4, -0.2) is 50.0 Å². The van der Waals surface area contributed by atoms with Gasteiger partial charge in [-0.25, -0.2) is 8.42 Å². The molecule has 0 unspecified atom stereocenters. The van der Waals surface area contributed by atoms with Crippen LogP contribution in [0, 0.1) is 0 Å². The van der Waals surface area contributed by atoms with Gasteiger partial charge in [-0.2, -0.15) is 0 Å². The van der Waals surface area contributed by atoms with E-state index in [1.165, 1.54) is 4.90 Å². The van der Waals surface area contributed by atoms with E-state index in [2.05, 4.69) is 21.2 Å². The molecule has 1 saturated carbocycles. The Morgan fingerprint density at radius 2 is 1.74 bits per heavy atom. The van der Waals surface area contributed by atoms with Gasteiger partial charge in [-0.15, -0.1) is 0 Å². The van der Waals surface area contributed by atoms with Gasteiger partial charge in [0.25, 0.3) is 0 Å². The van der Waals surface area contributed by atoms with Crippen LogP contribution in [0.25, 0.3) is 0 Å². The van der Waals surface area contributed by atoms with Crippen LogP contribution in [0.15, 0.2) is 53.0 Å². The molecular formula is C24H29BrClN3O4S. The molecule has 1 fully saturated rings. The lowest BCUT2D eigenvalue weighted by Crippen LogP contribution is -2.52. The highest BCUT2D eigenvalue weighted by molar-refractivity contribution is 9.10. The highest BCUT2D eigenvalue weighted by atomic mass is 79.9. The molecule has 1 aliphatic carbocycles. The summed E-state index contributed by atoms with van der Waals surface area (Å²) >= 11 is 9.71. The molecular weight excluding hydrogens is 542 g/mol. The molecule has 0 bridgehead atoms. The van der Waals surface area contributed by atoms with E-state index in [-0.39, 0.29) is 18.5 Å². The van der Waals surface area contributed by atoms with Crippen molar-refractivity contribution in [1.82, 2.24) is 10.2 Å². The number of rotatable bonds is 9. The first-order valence-corrected chi connectivity index (χ1v) is 14.2. The van der Waals surface area contributed by atoms with Crippen molar-refractivity contribution in [3.05, 3.63) is 63.6 Å². The fourth-order valence-corrected chi connectivity index (χ4v) is 5.71. The van der Waals surface area contributed by atoms with Gasteiger partial charge >= 0.3 is 0 Å². The van der Waals surface area contributed by atoms with Crippen molar-refractivity contribution in [1.29, 1.82) is 0 Å². The maximum Gasteiger partial charge on any atom is 0.244 e. The average Bonchev–Trinajstić information content (AvgIpc) is 3.29. The highest BCUT2D eigenvalue weighted by Crippen LogP contribution is 2.28. The van der Waals surface area contributed by atoms with Crippen LogP contribution in [0.3, 0.4) is 0 Å². The molecule has 3 rings (SSSR count). The van der Waals surface area contributed by atoms with Crippen molar-refractivity contribution in [2.24, 2.45) is 0 Å². The summed E-state index contributed by atoms with van der Waals surface area (Å²) in [4.78, 5) is 28.0. The molecule has 0 saturated heterocycles. The molecule has 34 heavy (non-hydrogen) atoms. The van der Waals surface area contributed by atoms with Gasteiger partial charge in [0.1, 0.15) is 12.6 Å². The van der Waals surface area contributed by atoms with Gasteiger partial charge in [0.15, 0.2) is 0 Å². The van der Waals surface area contributed by atoms with Crippen molar-refractivity contribution in [3.63, 3.8) is 0 Å². The smallest absolute Gasteiger partial charge is 0.244 e. The molecule has 0 spiro atoms. The van der Waals surface area contributed by atoms with E-state index in [9.17, 15) is 18.0 Å². The summed E-state index contributed by atoms with van der Waals surface area (Å²) in [6.07, 6.45) is 5.02. The second-order valence-corrected chi connectivity index (χ2v) is 11.7. The minimum atomic E-state index is -3.79. The first kappa shape index (κ1) is 26.5. The molecule has 0 radical (unpaired) electrons. The standard InChI is InChI=1S/C24H29BrClN3O4S/c1-17(24(31)27-19-10-4-5-11-19)28(15-18-9-3-7-13-21(18)26)23(30)16-29(34(2,32)33)22-14-8-6-12-20(22)25/h3,6-9,12-14,17,19H,4-5,10-11,15-16H2,1-2H3,(H,27,31)/t17-/m1/s1. The zero-order valence-corrected chi connectivity index (χ0v) is 22.4. The lowest BCUT2D eigenvalue weighted by Gasteiger charge is -2.32.